The largest absolute Gasteiger partial charge is 0.351 e. The summed E-state index contributed by atoms with van der Waals surface area (Å²) >= 11 is 0. The van der Waals surface area contributed by atoms with Crippen molar-refractivity contribution >= 4 is 17.3 Å². The SMILES string of the molecule is CCC(C)(C)CNC(=O)c1cc(NN)c(F)cc1[N+](=O)[O-]. The fraction of sp³-hybridized carbons (Fsp3) is 0.462. The third-order valence-corrected chi connectivity index (χ3v) is 3.37. The number of nitrogen functional groups attached to an aromatic ring is 1. The molecule has 0 aliphatic rings. The van der Waals surface area contributed by atoms with Crippen LogP contribution in [-0.4, -0.2) is 17.4 Å². The van der Waals surface area contributed by atoms with Crippen molar-refractivity contribution in [3.63, 3.8) is 0 Å². The molecule has 0 unspecified atom stereocenters. The van der Waals surface area contributed by atoms with Crippen molar-refractivity contribution < 1.29 is 14.1 Å². The average Bonchev–Trinajstić information content (AvgIpc) is 2.44. The monoisotopic (exact) mass is 298 g/mol. The number of amides is 1. The molecule has 0 heterocycles. The van der Waals surface area contributed by atoms with E-state index < -0.39 is 22.3 Å². The number of nitrogens with zero attached hydrogens (tertiary/aromatic N) is 1. The van der Waals surface area contributed by atoms with Gasteiger partial charge in [-0.2, -0.15) is 0 Å². The molecule has 0 saturated heterocycles. The third kappa shape index (κ3) is 4.12. The number of rotatable bonds is 6. The van der Waals surface area contributed by atoms with Crippen LogP contribution in [0.25, 0.3) is 0 Å². The number of nitrogens with two attached hydrogens (primary N) is 1. The number of carbonyl (C=O) groups excluding carboxylic acids is 1. The number of benzene rings is 1. The Kier molecular flexibility index (Phi) is 5.20. The van der Waals surface area contributed by atoms with Gasteiger partial charge < -0.3 is 10.7 Å². The van der Waals surface area contributed by atoms with Crippen LogP contribution in [0.15, 0.2) is 12.1 Å². The van der Waals surface area contributed by atoms with E-state index in [9.17, 15) is 19.3 Å². The van der Waals surface area contributed by atoms with Crippen LogP contribution < -0.4 is 16.6 Å². The molecular weight excluding hydrogens is 279 g/mol. The number of hydrazine groups is 1. The Morgan fingerprint density at radius 3 is 2.57 bits per heavy atom. The van der Waals surface area contributed by atoms with Gasteiger partial charge in [0.15, 0.2) is 5.82 Å². The van der Waals surface area contributed by atoms with Gasteiger partial charge in [0.1, 0.15) is 5.56 Å². The number of nitro benzene ring substituents is 1. The Hall–Kier alpha value is -2.22. The lowest BCUT2D eigenvalue weighted by Gasteiger charge is -2.22. The molecule has 21 heavy (non-hydrogen) atoms. The smallest absolute Gasteiger partial charge is 0.285 e. The zero-order valence-electron chi connectivity index (χ0n) is 12.2. The molecule has 0 spiro atoms. The maximum atomic E-state index is 13.5. The van der Waals surface area contributed by atoms with Crippen LogP contribution in [0.2, 0.25) is 0 Å². The molecule has 1 aromatic carbocycles. The van der Waals surface area contributed by atoms with Crippen molar-refractivity contribution in [1.82, 2.24) is 5.32 Å². The fourth-order valence-electron chi connectivity index (χ4n) is 1.55. The van der Waals surface area contributed by atoms with Crippen LogP contribution >= 0.6 is 0 Å². The number of hydrogen-bond donors (Lipinski definition) is 3. The molecule has 7 nitrogen and oxygen atoms in total. The predicted molar refractivity (Wildman–Crippen MR) is 77.3 cm³/mol. The molecule has 1 amide bonds. The molecule has 0 aliphatic carbocycles. The summed E-state index contributed by atoms with van der Waals surface area (Å²) < 4.78 is 13.5. The zero-order valence-corrected chi connectivity index (χ0v) is 12.2. The van der Waals surface area contributed by atoms with Crippen molar-refractivity contribution in [2.24, 2.45) is 11.3 Å². The number of nitro groups is 1. The molecule has 0 saturated carbocycles. The Labute approximate surface area is 121 Å². The summed E-state index contributed by atoms with van der Waals surface area (Å²) in [6.07, 6.45) is 0.828. The maximum Gasteiger partial charge on any atom is 0.285 e. The van der Waals surface area contributed by atoms with Gasteiger partial charge in [-0.1, -0.05) is 20.8 Å². The minimum absolute atomic E-state index is 0.139. The van der Waals surface area contributed by atoms with Gasteiger partial charge in [0.05, 0.1) is 16.7 Å². The van der Waals surface area contributed by atoms with E-state index in [0.717, 1.165) is 12.5 Å². The molecule has 0 atom stereocenters. The second-order valence-electron chi connectivity index (χ2n) is 5.45. The summed E-state index contributed by atoms with van der Waals surface area (Å²) in [7, 11) is 0. The summed E-state index contributed by atoms with van der Waals surface area (Å²) in [6, 6.07) is 1.71. The highest BCUT2D eigenvalue weighted by atomic mass is 19.1. The molecule has 0 bridgehead atoms. The van der Waals surface area contributed by atoms with Gasteiger partial charge in [0, 0.05) is 6.54 Å². The van der Waals surface area contributed by atoms with Gasteiger partial charge in [-0.3, -0.25) is 20.8 Å². The molecule has 1 aromatic rings. The van der Waals surface area contributed by atoms with Gasteiger partial charge in [0.2, 0.25) is 0 Å². The van der Waals surface area contributed by atoms with Gasteiger partial charge in [-0.25, -0.2) is 4.39 Å². The van der Waals surface area contributed by atoms with Crippen molar-refractivity contribution in [3.05, 3.63) is 33.6 Å². The summed E-state index contributed by atoms with van der Waals surface area (Å²) in [6.45, 7) is 6.24. The van der Waals surface area contributed by atoms with Crippen LogP contribution in [0.3, 0.4) is 0 Å². The van der Waals surface area contributed by atoms with E-state index in [2.05, 4.69) is 10.7 Å². The molecule has 1 rings (SSSR count). The lowest BCUT2D eigenvalue weighted by molar-refractivity contribution is -0.385. The van der Waals surface area contributed by atoms with Crippen molar-refractivity contribution in [2.75, 3.05) is 12.0 Å². The number of nitrogens with one attached hydrogen (secondary N) is 2. The summed E-state index contributed by atoms with van der Waals surface area (Å²) in [5, 5.41) is 13.6. The maximum absolute atomic E-state index is 13.5. The summed E-state index contributed by atoms with van der Waals surface area (Å²) in [4.78, 5) is 22.2. The van der Waals surface area contributed by atoms with Gasteiger partial charge in [0.25, 0.3) is 11.6 Å². The quantitative estimate of drug-likeness (QED) is 0.423. The number of anilines is 1. The summed E-state index contributed by atoms with van der Waals surface area (Å²) in [5.41, 5.74) is 0.909. The van der Waals surface area contributed by atoms with Crippen molar-refractivity contribution in [3.8, 4) is 0 Å². The van der Waals surface area contributed by atoms with Crippen LogP contribution in [-0.2, 0) is 0 Å². The average molecular weight is 298 g/mol. The molecule has 0 fully saturated rings. The van der Waals surface area contributed by atoms with E-state index >= 15 is 0 Å². The van der Waals surface area contributed by atoms with Crippen molar-refractivity contribution in [2.45, 2.75) is 27.2 Å². The molecule has 8 heteroatoms. The van der Waals surface area contributed by atoms with E-state index in [-0.39, 0.29) is 16.7 Å². The first-order chi connectivity index (χ1) is 9.71. The molecule has 0 aliphatic heterocycles. The fourth-order valence-corrected chi connectivity index (χ4v) is 1.55. The third-order valence-electron chi connectivity index (χ3n) is 3.37. The zero-order chi connectivity index (χ0) is 16.2. The van der Waals surface area contributed by atoms with E-state index in [0.29, 0.717) is 12.6 Å². The lowest BCUT2D eigenvalue weighted by atomic mass is 9.90. The van der Waals surface area contributed by atoms with Crippen LogP contribution in [0.1, 0.15) is 37.6 Å². The Morgan fingerprint density at radius 1 is 1.48 bits per heavy atom. The van der Waals surface area contributed by atoms with Gasteiger partial charge in [-0.15, -0.1) is 0 Å². The highest BCUT2D eigenvalue weighted by Crippen LogP contribution is 2.26. The Morgan fingerprint density at radius 2 is 2.10 bits per heavy atom. The van der Waals surface area contributed by atoms with E-state index in [4.69, 9.17) is 5.84 Å². The topological polar surface area (TPSA) is 110 Å². The second-order valence-corrected chi connectivity index (χ2v) is 5.45. The number of halogens is 1. The van der Waals surface area contributed by atoms with Crippen LogP contribution in [0.5, 0.6) is 0 Å². The summed E-state index contributed by atoms with van der Waals surface area (Å²) in [5.74, 6) is 3.59. The highest BCUT2D eigenvalue weighted by Gasteiger charge is 2.25. The molecular formula is C13H19FN4O3. The van der Waals surface area contributed by atoms with Crippen LogP contribution in [0.4, 0.5) is 15.8 Å². The first-order valence-electron chi connectivity index (χ1n) is 6.44. The van der Waals surface area contributed by atoms with Gasteiger partial charge >= 0.3 is 0 Å². The number of hydrogen-bond acceptors (Lipinski definition) is 5. The van der Waals surface area contributed by atoms with Crippen LogP contribution in [0, 0.1) is 21.3 Å². The minimum Gasteiger partial charge on any atom is -0.351 e. The Bertz CT molecular complexity index is 561. The molecule has 0 radical (unpaired) electrons. The molecule has 116 valence electrons. The first-order valence-corrected chi connectivity index (χ1v) is 6.44. The van der Waals surface area contributed by atoms with Crippen molar-refractivity contribution in [1.29, 1.82) is 0 Å². The molecule has 4 N–H and O–H groups in total. The second kappa shape index (κ2) is 6.49. The standard InChI is InChI=1S/C13H19FN4O3/c1-4-13(2,3)7-16-12(19)8-5-10(17-15)9(14)6-11(8)18(20)21/h5-6,17H,4,7,15H2,1-3H3,(H,16,19). The van der Waals surface area contributed by atoms with E-state index in [1.54, 1.807) is 0 Å². The van der Waals surface area contributed by atoms with Gasteiger partial charge in [-0.05, 0) is 17.9 Å². The highest BCUT2D eigenvalue weighted by molar-refractivity contribution is 5.99. The Balaban J connectivity index is 3.10. The molecule has 0 aromatic heterocycles. The minimum atomic E-state index is -0.894. The van der Waals surface area contributed by atoms with E-state index in [1.165, 1.54) is 0 Å². The number of carbonyl (C=O) groups is 1. The predicted octanol–water partition coefficient (Wildman–Crippen LogP) is 2.19. The van der Waals surface area contributed by atoms with E-state index in [1.807, 2.05) is 20.8 Å². The normalized spacial score (nSPS) is 11.1. The first kappa shape index (κ1) is 16.8. The lowest BCUT2D eigenvalue weighted by Crippen LogP contribution is -2.34.